The Kier molecular flexibility index (Phi) is 6.68. The first-order chi connectivity index (χ1) is 9.51. The van der Waals surface area contributed by atoms with Crippen molar-refractivity contribution in [2.24, 2.45) is 0 Å². The van der Waals surface area contributed by atoms with E-state index in [-0.39, 0.29) is 0 Å². The topological polar surface area (TPSA) is 52.6 Å². The number of hydrogen-bond donors (Lipinski definition) is 2. The summed E-state index contributed by atoms with van der Waals surface area (Å²) in [5, 5.41) is 12.6. The molecule has 0 fully saturated rings. The lowest BCUT2D eigenvalue weighted by Crippen LogP contribution is -2.36. The number of carbonyl (C=O) groups is 1. The van der Waals surface area contributed by atoms with Crippen LogP contribution in [0.3, 0.4) is 0 Å². The van der Waals surface area contributed by atoms with E-state index in [0.29, 0.717) is 6.54 Å². The van der Waals surface area contributed by atoms with Crippen LogP contribution in [0, 0.1) is 13.8 Å². The van der Waals surface area contributed by atoms with Gasteiger partial charge in [-0.05, 0) is 43.6 Å². The zero-order chi connectivity index (χ0) is 15.1. The van der Waals surface area contributed by atoms with Gasteiger partial charge in [-0.1, -0.05) is 32.0 Å². The summed E-state index contributed by atoms with van der Waals surface area (Å²) in [6, 6.07) is 5.18. The van der Waals surface area contributed by atoms with Gasteiger partial charge >= 0.3 is 5.97 Å². The number of rotatable bonds is 8. The molecule has 0 bridgehead atoms. The van der Waals surface area contributed by atoms with Gasteiger partial charge in [0.25, 0.3) is 0 Å². The minimum Gasteiger partial charge on any atom is -0.480 e. The van der Waals surface area contributed by atoms with Gasteiger partial charge in [-0.25, -0.2) is 0 Å². The fourth-order valence-corrected chi connectivity index (χ4v) is 2.32. The molecule has 1 unspecified atom stereocenters. The number of likely N-dealkylation sites (N-methyl/N-ethyl adjacent to an activating group) is 1. The van der Waals surface area contributed by atoms with Gasteiger partial charge in [-0.3, -0.25) is 10.1 Å². The van der Waals surface area contributed by atoms with Crippen LogP contribution in [-0.2, 0) is 4.79 Å². The van der Waals surface area contributed by atoms with Crippen LogP contribution in [0.25, 0.3) is 0 Å². The summed E-state index contributed by atoms with van der Waals surface area (Å²) in [6.45, 7) is 11.7. The Balaban J connectivity index is 2.75. The summed E-state index contributed by atoms with van der Waals surface area (Å²) in [4.78, 5) is 13.8. The summed E-state index contributed by atoms with van der Waals surface area (Å²) in [6.07, 6.45) is 0. The van der Waals surface area contributed by atoms with E-state index in [1.165, 1.54) is 0 Å². The second-order valence-corrected chi connectivity index (χ2v) is 5.04. The van der Waals surface area contributed by atoms with Crippen LogP contribution >= 0.6 is 0 Å². The maximum atomic E-state index is 11.5. The molecule has 0 aromatic heterocycles. The average molecular weight is 278 g/mol. The second kappa shape index (κ2) is 8.02. The monoisotopic (exact) mass is 278 g/mol. The molecular weight excluding hydrogens is 252 g/mol. The number of aliphatic carboxylic acids is 1. The first-order valence-corrected chi connectivity index (χ1v) is 7.25. The molecule has 0 aliphatic rings. The van der Waals surface area contributed by atoms with Crippen LogP contribution in [0.4, 0.5) is 0 Å². The Morgan fingerprint density at radius 2 is 1.95 bits per heavy atom. The lowest BCUT2D eigenvalue weighted by molar-refractivity contribution is -0.139. The second-order valence-electron chi connectivity index (χ2n) is 5.04. The number of nitrogens with zero attached hydrogens (tertiary/aromatic N) is 1. The Hall–Kier alpha value is -1.39. The van der Waals surface area contributed by atoms with Crippen molar-refractivity contribution in [1.82, 2.24) is 10.2 Å². The van der Waals surface area contributed by atoms with Crippen molar-refractivity contribution in [1.29, 1.82) is 0 Å². The Bertz CT molecular complexity index is 442. The summed E-state index contributed by atoms with van der Waals surface area (Å²) in [5.41, 5.74) is 3.03. The molecule has 0 spiro atoms. The SMILES string of the molecule is CCN(CC)CCNC(C(=O)O)c1cccc(C)c1C. The van der Waals surface area contributed by atoms with E-state index >= 15 is 0 Å². The third kappa shape index (κ3) is 4.32. The van der Waals surface area contributed by atoms with Crippen LogP contribution in [0.15, 0.2) is 18.2 Å². The van der Waals surface area contributed by atoms with Crippen molar-refractivity contribution in [3.63, 3.8) is 0 Å². The van der Waals surface area contributed by atoms with Gasteiger partial charge in [0.1, 0.15) is 6.04 Å². The number of hydrogen-bond acceptors (Lipinski definition) is 3. The highest BCUT2D eigenvalue weighted by Crippen LogP contribution is 2.20. The molecule has 4 nitrogen and oxygen atoms in total. The Morgan fingerprint density at radius 3 is 2.50 bits per heavy atom. The maximum Gasteiger partial charge on any atom is 0.325 e. The molecule has 0 amide bonds. The lowest BCUT2D eigenvalue weighted by Gasteiger charge is -2.22. The van der Waals surface area contributed by atoms with Crippen molar-refractivity contribution >= 4 is 5.97 Å². The molecule has 112 valence electrons. The summed E-state index contributed by atoms with van der Waals surface area (Å²) >= 11 is 0. The molecule has 4 heteroatoms. The smallest absolute Gasteiger partial charge is 0.325 e. The normalized spacial score (nSPS) is 12.7. The van der Waals surface area contributed by atoms with E-state index in [4.69, 9.17) is 0 Å². The molecule has 2 N–H and O–H groups in total. The highest BCUT2D eigenvalue weighted by atomic mass is 16.4. The third-order valence-corrected chi connectivity index (χ3v) is 3.88. The zero-order valence-corrected chi connectivity index (χ0v) is 12.9. The lowest BCUT2D eigenvalue weighted by atomic mass is 9.97. The molecule has 0 saturated carbocycles. The number of benzene rings is 1. The van der Waals surface area contributed by atoms with Gasteiger partial charge in [0, 0.05) is 13.1 Å². The summed E-state index contributed by atoms with van der Waals surface area (Å²) in [5.74, 6) is -0.821. The van der Waals surface area contributed by atoms with Gasteiger partial charge in [0.15, 0.2) is 0 Å². The van der Waals surface area contributed by atoms with Crippen LogP contribution < -0.4 is 5.32 Å². The molecule has 1 atom stereocenters. The van der Waals surface area contributed by atoms with Crippen LogP contribution in [0.5, 0.6) is 0 Å². The minimum atomic E-state index is -0.821. The van der Waals surface area contributed by atoms with Crippen molar-refractivity contribution in [3.8, 4) is 0 Å². The molecule has 0 radical (unpaired) electrons. The third-order valence-electron chi connectivity index (χ3n) is 3.88. The predicted octanol–water partition coefficient (Wildman–Crippen LogP) is 2.36. The first-order valence-electron chi connectivity index (χ1n) is 7.25. The number of carboxylic acids is 1. The van der Waals surface area contributed by atoms with Gasteiger partial charge in [-0.2, -0.15) is 0 Å². The average Bonchev–Trinajstić information content (AvgIpc) is 2.42. The van der Waals surface area contributed by atoms with Gasteiger partial charge in [0.05, 0.1) is 0 Å². The zero-order valence-electron chi connectivity index (χ0n) is 12.9. The van der Waals surface area contributed by atoms with E-state index in [1.807, 2.05) is 32.0 Å². The van der Waals surface area contributed by atoms with Crippen molar-refractivity contribution in [2.45, 2.75) is 33.7 Å². The molecule has 20 heavy (non-hydrogen) atoms. The molecule has 0 saturated heterocycles. The van der Waals surface area contributed by atoms with Crippen molar-refractivity contribution in [3.05, 3.63) is 34.9 Å². The van der Waals surface area contributed by atoms with Gasteiger partial charge in [-0.15, -0.1) is 0 Å². The van der Waals surface area contributed by atoms with Crippen molar-refractivity contribution in [2.75, 3.05) is 26.2 Å². The standard InChI is InChI=1S/C16H26N2O2/c1-5-18(6-2)11-10-17-15(16(19)20)14-9-7-8-12(3)13(14)4/h7-9,15,17H,5-6,10-11H2,1-4H3,(H,19,20). The van der Waals surface area contributed by atoms with E-state index in [1.54, 1.807) is 0 Å². The molecule has 1 rings (SSSR count). The number of carboxylic acid groups (broad SMARTS) is 1. The fraction of sp³-hybridized carbons (Fsp3) is 0.562. The highest BCUT2D eigenvalue weighted by molar-refractivity contribution is 5.76. The largest absolute Gasteiger partial charge is 0.480 e. The molecular formula is C16H26N2O2. The van der Waals surface area contributed by atoms with E-state index in [9.17, 15) is 9.90 Å². The minimum absolute atomic E-state index is 0.634. The first kappa shape index (κ1) is 16.7. The van der Waals surface area contributed by atoms with Gasteiger partial charge < -0.3 is 10.0 Å². The molecule has 0 aliphatic carbocycles. The Morgan fingerprint density at radius 1 is 1.30 bits per heavy atom. The van der Waals surface area contributed by atoms with Crippen LogP contribution in [0.2, 0.25) is 0 Å². The number of nitrogens with one attached hydrogen (secondary N) is 1. The predicted molar refractivity (Wildman–Crippen MR) is 82.1 cm³/mol. The molecule has 1 aromatic carbocycles. The number of aryl methyl sites for hydroxylation is 1. The molecule has 0 aliphatic heterocycles. The molecule has 0 heterocycles. The van der Waals surface area contributed by atoms with E-state index < -0.39 is 12.0 Å². The van der Waals surface area contributed by atoms with Crippen molar-refractivity contribution < 1.29 is 9.90 Å². The maximum absolute atomic E-state index is 11.5. The van der Waals surface area contributed by atoms with Gasteiger partial charge in [0.2, 0.25) is 0 Å². The van der Waals surface area contributed by atoms with Crippen LogP contribution in [0.1, 0.15) is 36.6 Å². The molecule has 1 aromatic rings. The fourth-order valence-electron chi connectivity index (χ4n) is 2.32. The van der Waals surface area contributed by atoms with E-state index in [2.05, 4.69) is 24.1 Å². The quantitative estimate of drug-likeness (QED) is 0.766. The highest BCUT2D eigenvalue weighted by Gasteiger charge is 2.21. The van der Waals surface area contributed by atoms with E-state index in [0.717, 1.165) is 36.3 Å². The summed E-state index contributed by atoms with van der Waals surface area (Å²) in [7, 11) is 0. The Labute approximate surface area is 121 Å². The van der Waals surface area contributed by atoms with Crippen LogP contribution in [-0.4, -0.2) is 42.2 Å². The summed E-state index contributed by atoms with van der Waals surface area (Å²) < 4.78 is 0.